The lowest BCUT2D eigenvalue weighted by Crippen LogP contribution is -2.43. The van der Waals surface area contributed by atoms with E-state index in [1.807, 2.05) is 12.1 Å². The first-order valence-electron chi connectivity index (χ1n) is 8.60. The summed E-state index contributed by atoms with van der Waals surface area (Å²) in [6, 6.07) is 8.08. The van der Waals surface area contributed by atoms with Crippen LogP contribution >= 0.6 is 0 Å². The normalized spacial score (nSPS) is 26.3. The summed E-state index contributed by atoms with van der Waals surface area (Å²) >= 11 is 0. The number of rotatable bonds is 4. The van der Waals surface area contributed by atoms with Crippen LogP contribution < -0.4 is 5.32 Å². The summed E-state index contributed by atoms with van der Waals surface area (Å²) in [6.45, 7) is 5.30. The van der Waals surface area contributed by atoms with Crippen molar-refractivity contribution >= 4 is 11.6 Å². The van der Waals surface area contributed by atoms with Gasteiger partial charge in [0.25, 0.3) is 0 Å². The summed E-state index contributed by atoms with van der Waals surface area (Å²) in [5.41, 5.74) is 2.06. The standard InChI is InChI=1S/C18H27N3O2/c1-20-8-10-21(11-9-20)13-14-4-2-5-15(12-14)19-18(23)16-6-3-7-17(16)22/h2,4-5,12,16-17,22H,3,6-11,13H2,1H3,(H,19,23). The Hall–Kier alpha value is -1.43. The number of hydrogen-bond acceptors (Lipinski definition) is 4. The van der Waals surface area contributed by atoms with Crippen LogP contribution in [0.5, 0.6) is 0 Å². The zero-order valence-electron chi connectivity index (χ0n) is 13.9. The van der Waals surface area contributed by atoms with E-state index >= 15 is 0 Å². The number of aliphatic hydroxyl groups excluding tert-OH is 1. The second-order valence-electron chi connectivity index (χ2n) is 6.87. The maximum absolute atomic E-state index is 12.3. The van der Waals surface area contributed by atoms with Gasteiger partial charge in [0.15, 0.2) is 0 Å². The third-order valence-electron chi connectivity index (χ3n) is 5.01. The number of amides is 1. The molecule has 23 heavy (non-hydrogen) atoms. The molecule has 2 aliphatic rings. The van der Waals surface area contributed by atoms with Crippen LogP contribution in [-0.2, 0) is 11.3 Å². The number of carbonyl (C=O) groups excluding carboxylic acids is 1. The van der Waals surface area contributed by atoms with Crippen molar-refractivity contribution in [2.45, 2.75) is 31.9 Å². The van der Waals surface area contributed by atoms with E-state index in [1.165, 1.54) is 5.56 Å². The van der Waals surface area contributed by atoms with Crippen LogP contribution in [0.3, 0.4) is 0 Å². The van der Waals surface area contributed by atoms with Crippen LogP contribution in [0.1, 0.15) is 24.8 Å². The minimum Gasteiger partial charge on any atom is -0.392 e. The van der Waals surface area contributed by atoms with Crippen molar-refractivity contribution in [1.29, 1.82) is 0 Å². The average molecular weight is 317 g/mol. The van der Waals surface area contributed by atoms with E-state index in [0.717, 1.165) is 57.7 Å². The van der Waals surface area contributed by atoms with Crippen LogP contribution in [0.25, 0.3) is 0 Å². The summed E-state index contributed by atoms with van der Waals surface area (Å²) in [4.78, 5) is 17.1. The Morgan fingerprint density at radius 3 is 2.74 bits per heavy atom. The lowest BCUT2D eigenvalue weighted by Gasteiger charge is -2.32. The molecule has 5 heteroatoms. The molecule has 3 rings (SSSR count). The number of carbonyl (C=O) groups is 1. The van der Waals surface area contributed by atoms with E-state index in [-0.39, 0.29) is 11.8 Å². The fraction of sp³-hybridized carbons (Fsp3) is 0.611. The van der Waals surface area contributed by atoms with Crippen LogP contribution in [0.4, 0.5) is 5.69 Å². The third kappa shape index (κ3) is 4.31. The number of piperazine rings is 1. The highest BCUT2D eigenvalue weighted by molar-refractivity contribution is 5.93. The molecular weight excluding hydrogens is 290 g/mol. The highest BCUT2D eigenvalue weighted by Crippen LogP contribution is 2.27. The Labute approximate surface area is 138 Å². The lowest BCUT2D eigenvalue weighted by atomic mass is 10.0. The molecule has 1 saturated heterocycles. The molecule has 1 heterocycles. The van der Waals surface area contributed by atoms with Gasteiger partial charge in [-0.2, -0.15) is 0 Å². The van der Waals surface area contributed by atoms with Crippen molar-refractivity contribution < 1.29 is 9.90 Å². The highest BCUT2D eigenvalue weighted by Gasteiger charge is 2.31. The van der Waals surface area contributed by atoms with Crippen LogP contribution in [0.2, 0.25) is 0 Å². The lowest BCUT2D eigenvalue weighted by molar-refractivity contribution is -0.122. The van der Waals surface area contributed by atoms with Gasteiger partial charge in [-0.05, 0) is 44.0 Å². The molecule has 2 atom stereocenters. The second kappa shape index (κ2) is 7.43. The summed E-state index contributed by atoms with van der Waals surface area (Å²) in [5, 5.41) is 12.8. The van der Waals surface area contributed by atoms with E-state index in [0.29, 0.717) is 0 Å². The van der Waals surface area contributed by atoms with Crippen molar-refractivity contribution in [2.24, 2.45) is 5.92 Å². The van der Waals surface area contributed by atoms with Crippen molar-refractivity contribution in [1.82, 2.24) is 9.80 Å². The molecule has 0 aromatic heterocycles. The van der Waals surface area contributed by atoms with Gasteiger partial charge in [-0.15, -0.1) is 0 Å². The van der Waals surface area contributed by atoms with E-state index in [9.17, 15) is 9.90 Å². The minimum atomic E-state index is -0.483. The second-order valence-corrected chi connectivity index (χ2v) is 6.87. The first kappa shape index (κ1) is 16.4. The SMILES string of the molecule is CN1CCN(Cc2cccc(NC(=O)C3CCCC3O)c2)CC1. The smallest absolute Gasteiger partial charge is 0.230 e. The van der Waals surface area contributed by atoms with E-state index in [2.05, 4.69) is 34.3 Å². The van der Waals surface area contributed by atoms with Gasteiger partial charge in [0.1, 0.15) is 0 Å². The number of anilines is 1. The third-order valence-corrected chi connectivity index (χ3v) is 5.01. The van der Waals surface area contributed by atoms with Gasteiger partial charge in [0.05, 0.1) is 12.0 Å². The molecule has 1 saturated carbocycles. The molecule has 1 aliphatic carbocycles. The van der Waals surface area contributed by atoms with Crippen LogP contribution in [-0.4, -0.2) is 60.1 Å². The molecular formula is C18H27N3O2. The Kier molecular flexibility index (Phi) is 5.30. The summed E-state index contributed by atoms with van der Waals surface area (Å²) < 4.78 is 0. The molecule has 1 aliphatic heterocycles. The first-order chi connectivity index (χ1) is 11.1. The minimum absolute atomic E-state index is 0.0493. The predicted octanol–water partition coefficient (Wildman–Crippen LogP) is 1.53. The van der Waals surface area contributed by atoms with Gasteiger partial charge in [0, 0.05) is 38.4 Å². The van der Waals surface area contributed by atoms with Crippen LogP contribution in [0, 0.1) is 5.92 Å². The summed E-state index contributed by atoms with van der Waals surface area (Å²) in [5.74, 6) is -0.303. The highest BCUT2D eigenvalue weighted by atomic mass is 16.3. The number of nitrogens with zero attached hydrogens (tertiary/aromatic N) is 2. The van der Waals surface area contributed by atoms with Gasteiger partial charge >= 0.3 is 0 Å². The zero-order valence-corrected chi connectivity index (χ0v) is 13.9. The Morgan fingerprint density at radius 2 is 2.04 bits per heavy atom. The van der Waals surface area contributed by atoms with Gasteiger partial charge in [-0.1, -0.05) is 12.1 Å². The molecule has 0 radical (unpaired) electrons. The molecule has 126 valence electrons. The molecule has 0 bridgehead atoms. The maximum atomic E-state index is 12.3. The molecule has 2 fully saturated rings. The van der Waals surface area contributed by atoms with Crippen molar-refractivity contribution in [3.63, 3.8) is 0 Å². The van der Waals surface area contributed by atoms with Crippen molar-refractivity contribution in [3.8, 4) is 0 Å². The quantitative estimate of drug-likeness (QED) is 0.884. The van der Waals surface area contributed by atoms with Crippen molar-refractivity contribution in [3.05, 3.63) is 29.8 Å². The molecule has 2 unspecified atom stereocenters. The average Bonchev–Trinajstić information content (AvgIpc) is 2.96. The van der Waals surface area contributed by atoms with Gasteiger partial charge < -0.3 is 15.3 Å². The molecule has 1 amide bonds. The number of likely N-dealkylation sites (N-methyl/N-ethyl adjacent to an activating group) is 1. The van der Waals surface area contributed by atoms with Crippen molar-refractivity contribution in [2.75, 3.05) is 38.5 Å². The monoisotopic (exact) mass is 317 g/mol. The van der Waals surface area contributed by atoms with Gasteiger partial charge in [0.2, 0.25) is 5.91 Å². The van der Waals surface area contributed by atoms with E-state index in [4.69, 9.17) is 0 Å². The van der Waals surface area contributed by atoms with Gasteiger partial charge in [-0.3, -0.25) is 9.69 Å². The largest absolute Gasteiger partial charge is 0.392 e. The van der Waals surface area contributed by atoms with E-state index in [1.54, 1.807) is 0 Å². The first-order valence-corrected chi connectivity index (χ1v) is 8.60. The molecule has 5 nitrogen and oxygen atoms in total. The molecule has 1 aromatic rings. The fourth-order valence-electron chi connectivity index (χ4n) is 3.49. The molecule has 2 N–H and O–H groups in total. The molecule has 1 aromatic carbocycles. The fourth-order valence-corrected chi connectivity index (χ4v) is 3.49. The number of nitrogens with one attached hydrogen (secondary N) is 1. The predicted molar refractivity (Wildman–Crippen MR) is 91.2 cm³/mol. The Morgan fingerprint density at radius 1 is 1.26 bits per heavy atom. The summed E-state index contributed by atoms with van der Waals surface area (Å²) in [7, 11) is 2.16. The van der Waals surface area contributed by atoms with E-state index < -0.39 is 6.10 Å². The summed E-state index contributed by atoms with van der Waals surface area (Å²) in [6.07, 6.45) is 1.97. The number of aliphatic hydroxyl groups is 1. The Bertz CT molecular complexity index is 541. The van der Waals surface area contributed by atoms with Gasteiger partial charge in [-0.25, -0.2) is 0 Å². The molecule has 0 spiro atoms. The Balaban J connectivity index is 1.57. The zero-order chi connectivity index (χ0) is 16.2. The number of benzene rings is 1. The number of hydrogen-bond donors (Lipinski definition) is 2. The topological polar surface area (TPSA) is 55.8 Å². The van der Waals surface area contributed by atoms with Crippen LogP contribution in [0.15, 0.2) is 24.3 Å². The maximum Gasteiger partial charge on any atom is 0.230 e.